The first-order valence-electron chi connectivity index (χ1n) is 9.79. The maximum Gasteiger partial charge on any atom is 0.104 e. The Kier molecular flexibility index (Phi) is 7.42. The van der Waals surface area contributed by atoms with Gasteiger partial charge in [0.1, 0.15) is 6.10 Å². The van der Waals surface area contributed by atoms with E-state index in [2.05, 4.69) is 25.4 Å². The number of hydrazone groups is 1. The third-order valence-electron chi connectivity index (χ3n) is 5.89. The first kappa shape index (κ1) is 20.7. The summed E-state index contributed by atoms with van der Waals surface area (Å²) in [5.41, 5.74) is 1.47. The lowest BCUT2D eigenvalue weighted by Crippen LogP contribution is -2.49. The molecule has 4 nitrogen and oxygen atoms in total. The van der Waals surface area contributed by atoms with Gasteiger partial charge in [-0.3, -0.25) is 5.01 Å². The smallest absolute Gasteiger partial charge is 0.104 e. The highest BCUT2D eigenvalue weighted by atomic mass is 16.5. The Balaban J connectivity index is 2.43. The van der Waals surface area contributed by atoms with Crippen molar-refractivity contribution in [2.45, 2.75) is 64.2 Å². The molecule has 2 rings (SSSR count). The summed E-state index contributed by atoms with van der Waals surface area (Å²) in [6.07, 6.45) is 5.15. The Hall–Kier alpha value is -1.65. The fourth-order valence-corrected chi connectivity index (χ4v) is 3.96. The number of hydrogen-bond donors (Lipinski definition) is 1. The van der Waals surface area contributed by atoms with Crippen LogP contribution >= 0.6 is 0 Å². The summed E-state index contributed by atoms with van der Waals surface area (Å²) in [6, 6.07) is 10.2. The molecule has 0 aromatic heterocycles. The molecule has 1 aliphatic rings. The van der Waals surface area contributed by atoms with Gasteiger partial charge in [0.05, 0.1) is 17.4 Å². The molecule has 3 atom stereocenters. The average Bonchev–Trinajstić information content (AvgIpc) is 3.16. The van der Waals surface area contributed by atoms with Crippen LogP contribution in [0.2, 0.25) is 0 Å². The molecule has 4 heteroatoms. The Bertz CT molecular complexity index is 587. The van der Waals surface area contributed by atoms with Crippen LogP contribution in [0.15, 0.2) is 48.1 Å². The summed E-state index contributed by atoms with van der Waals surface area (Å²) >= 11 is 0. The quantitative estimate of drug-likeness (QED) is 0.530. The highest BCUT2D eigenvalue weighted by Crippen LogP contribution is 2.35. The number of hydrogen-bond acceptors (Lipinski definition) is 4. The second-order valence-electron chi connectivity index (χ2n) is 7.19. The van der Waals surface area contributed by atoms with Crippen LogP contribution in [0.5, 0.6) is 0 Å². The predicted octanol–water partition coefficient (Wildman–Crippen LogP) is 4.24. The Morgan fingerprint density at radius 2 is 2.04 bits per heavy atom. The third kappa shape index (κ3) is 4.18. The minimum absolute atomic E-state index is 0.0699. The van der Waals surface area contributed by atoms with E-state index in [1.807, 2.05) is 37.3 Å². The van der Waals surface area contributed by atoms with Gasteiger partial charge in [0.25, 0.3) is 0 Å². The van der Waals surface area contributed by atoms with Gasteiger partial charge >= 0.3 is 0 Å². The second-order valence-corrected chi connectivity index (χ2v) is 7.19. The van der Waals surface area contributed by atoms with Crippen LogP contribution in [-0.2, 0) is 4.74 Å². The van der Waals surface area contributed by atoms with E-state index in [-0.39, 0.29) is 17.6 Å². The fourth-order valence-electron chi connectivity index (χ4n) is 3.96. The van der Waals surface area contributed by atoms with Crippen molar-refractivity contribution in [2.75, 3.05) is 13.7 Å². The van der Waals surface area contributed by atoms with E-state index in [4.69, 9.17) is 9.84 Å². The molecule has 1 heterocycles. The van der Waals surface area contributed by atoms with E-state index >= 15 is 0 Å². The molecule has 0 spiro atoms. The summed E-state index contributed by atoms with van der Waals surface area (Å²) in [6.45, 7) is 11.1. The van der Waals surface area contributed by atoms with E-state index in [0.717, 1.165) is 37.8 Å². The first-order chi connectivity index (χ1) is 12.5. The fraction of sp³-hybridized carbons (Fsp3) is 0.591. The van der Waals surface area contributed by atoms with E-state index in [9.17, 15) is 5.11 Å². The van der Waals surface area contributed by atoms with Gasteiger partial charge in [-0.25, -0.2) is 0 Å². The van der Waals surface area contributed by atoms with Crippen molar-refractivity contribution in [3.05, 3.63) is 48.6 Å². The van der Waals surface area contributed by atoms with Crippen molar-refractivity contribution >= 4 is 5.71 Å². The van der Waals surface area contributed by atoms with Gasteiger partial charge in [-0.05, 0) is 25.7 Å². The zero-order chi connectivity index (χ0) is 19.2. The summed E-state index contributed by atoms with van der Waals surface area (Å²) in [7, 11) is 1.81. The van der Waals surface area contributed by atoms with Crippen LogP contribution in [0.3, 0.4) is 0 Å². The van der Waals surface area contributed by atoms with Gasteiger partial charge in [-0.1, -0.05) is 57.2 Å². The second kappa shape index (κ2) is 9.33. The molecule has 144 valence electrons. The lowest BCUT2D eigenvalue weighted by Gasteiger charge is -2.40. The van der Waals surface area contributed by atoms with Crippen LogP contribution in [-0.4, -0.2) is 47.2 Å². The molecule has 0 bridgehead atoms. The van der Waals surface area contributed by atoms with Crippen LogP contribution < -0.4 is 0 Å². The van der Waals surface area contributed by atoms with Crippen LogP contribution in [0.4, 0.5) is 0 Å². The average molecular weight is 359 g/mol. The molecule has 1 aromatic rings. The highest BCUT2D eigenvalue weighted by molar-refractivity contribution is 6.03. The SMILES string of the molecule is C=C[C@H](C)[C@@H](O)/C(=N/N1CCC[C@H]1C(CC)(CC)OC)c1ccccc1. The van der Waals surface area contributed by atoms with Crippen LogP contribution in [0, 0.1) is 5.92 Å². The minimum Gasteiger partial charge on any atom is -0.386 e. The number of nitrogens with zero attached hydrogens (tertiary/aromatic N) is 2. The summed E-state index contributed by atoms with van der Waals surface area (Å²) in [4.78, 5) is 0. The number of aliphatic hydroxyl groups is 1. The molecule has 0 amide bonds. The Morgan fingerprint density at radius 3 is 2.58 bits per heavy atom. The number of benzene rings is 1. The third-order valence-corrected chi connectivity index (χ3v) is 5.89. The van der Waals surface area contributed by atoms with Gasteiger partial charge in [0.2, 0.25) is 0 Å². The van der Waals surface area contributed by atoms with Crippen molar-refractivity contribution in [1.29, 1.82) is 0 Å². The van der Waals surface area contributed by atoms with Gasteiger partial charge in [0.15, 0.2) is 0 Å². The largest absolute Gasteiger partial charge is 0.386 e. The number of rotatable bonds is 9. The Labute approximate surface area is 158 Å². The van der Waals surface area contributed by atoms with Crippen molar-refractivity contribution in [1.82, 2.24) is 5.01 Å². The first-order valence-corrected chi connectivity index (χ1v) is 9.79. The van der Waals surface area contributed by atoms with Gasteiger partial charge in [-0.15, -0.1) is 6.58 Å². The number of aliphatic hydroxyl groups excluding tert-OH is 1. The van der Waals surface area contributed by atoms with E-state index in [1.54, 1.807) is 13.2 Å². The number of methoxy groups -OCH3 is 1. The van der Waals surface area contributed by atoms with Gasteiger partial charge in [-0.2, -0.15) is 5.10 Å². The van der Waals surface area contributed by atoms with Crippen molar-refractivity contribution in [2.24, 2.45) is 11.0 Å². The molecule has 1 saturated heterocycles. The molecule has 0 aliphatic carbocycles. The molecule has 1 fully saturated rings. The summed E-state index contributed by atoms with van der Waals surface area (Å²) < 4.78 is 5.98. The van der Waals surface area contributed by atoms with Crippen molar-refractivity contribution < 1.29 is 9.84 Å². The lowest BCUT2D eigenvalue weighted by atomic mass is 9.87. The topological polar surface area (TPSA) is 45.1 Å². The molecule has 1 aliphatic heterocycles. The van der Waals surface area contributed by atoms with Crippen LogP contribution in [0.1, 0.15) is 52.0 Å². The molecule has 0 saturated carbocycles. The molecule has 0 radical (unpaired) electrons. The molecule has 1 N–H and O–H groups in total. The zero-order valence-corrected chi connectivity index (χ0v) is 16.7. The summed E-state index contributed by atoms with van der Waals surface area (Å²) in [5, 5.41) is 18.0. The minimum atomic E-state index is -0.684. The standard InChI is InChI=1S/C22H34N2O2/c1-6-17(4)21(25)20(18-13-10-9-11-14-18)23-24-16-12-15-19(24)22(7-2,8-3)26-5/h6,9-11,13-14,17,19,21,25H,1,7-8,12,15-16H2,2-5H3/b23-20+/t17-,19-,21+/m0/s1. The highest BCUT2D eigenvalue weighted by Gasteiger charge is 2.42. The van der Waals surface area contributed by atoms with Gasteiger partial charge in [0, 0.05) is 25.1 Å². The molecular weight excluding hydrogens is 324 g/mol. The maximum absolute atomic E-state index is 10.9. The monoisotopic (exact) mass is 358 g/mol. The molecule has 26 heavy (non-hydrogen) atoms. The molecular formula is C22H34N2O2. The van der Waals surface area contributed by atoms with E-state index in [1.165, 1.54) is 0 Å². The Morgan fingerprint density at radius 1 is 1.38 bits per heavy atom. The molecule has 0 unspecified atom stereocenters. The van der Waals surface area contributed by atoms with Gasteiger partial charge < -0.3 is 9.84 Å². The van der Waals surface area contributed by atoms with Crippen molar-refractivity contribution in [3.63, 3.8) is 0 Å². The van der Waals surface area contributed by atoms with Crippen molar-refractivity contribution in [3.8, 4) is 0 Å². The number of ether oxygens (including phenoxy) is 1. The van der Waals surface area contributed by atoms with Crippen LogP contribution in [0.25, 0.3) is 0 Å². The zero-order valence-electron chi connectivity index (χ0n) is 16.7. The normalized spacial score (nSPS) is 20.9. The predicted molar refractivity (Wildman–Crippen MR) is 108 cm³/mol. The molecule has 1 aromatic carbocycles. The summed E-state index contributed by atoms with van der Waals surface area (Å²) in [5.74, 6) is -0.0699. The van der Waals surface area contributed by atoms with E-state index in [0.29, 0.717) is 5.71 Å². The van der Waals surface area contributed by atoms with E-state index < -0.39 is 6.10 Å². The lowest BCUT2D eigenvalue weighted by molar-refractivity contribution is -0.0733. The maximum atomic E-state index is 10.9.